The summed E-state index contributed by atoms with van der Waals surface area (Å²) in [6.07, 6.45) is 8.04. The van der Waals surface area contributed by atoms with E-state index in [2.05, 4.69) is 26.5 Å². The number of hydrogen-bond donors (Lipinski definition) is 3. The molecule has 0 spiro atoms. The maximum atomic E-state index is 10.0. The lowest BCUT2D eigenvalue weighted by Gasteiger charge is -2.21. The van der Waals surface area contributed by atoms with Crippen LogP contribution in [0.2, 0.25) is 0 Å². The van der Waals surface area contributed by atoms with Crippen molar-refractivity contribution < 1.29 is 14.9 Å². The second kappa shape index (κ2) is 10.0. The van der Waals surface area contributed by atoms with Gasteiger partial charge in [0, 0.05) is 36.6 Å². The van der Waals surface area contributed by atoms with Crippen LogP contribution in [0.4, 0.5) is 11.6 Å². The van der Waals surface area contributed by atoms with E-state index in [1.54, 1.807) is 37.0 Å². The lowest BCUT2D eigenvalue weighted by Crippen LogP contribution is -2.29. The van der Waals surface area contributed by atoms with Gasteiger partial charge in [0.15, 0.2) is 0 Å². The summed E-state index contributed by atoms with van der Waals surface area (Å²) in [7, 11) is 0. The van der Waals surface area contributed by atoms with Crippen LogP contribution in [0.3, 0.4) is 0 Å². The molecule has 5 rings (SSSR count). The smallest absolute Gasteiger partial charge is 0.138 e. The number of aliphatic hydroxyl groups excluding tert-OH is 1. The molecule has 1 aliphatic rings. The second-order valence-corrected chi connectivity index (χ2v) is 9.78. The van der Waals surface area contributed by atoms with Gasteiger partial charge in [0.1, 0.15) is 36.3 Å². The summed E-state index contributed by atoms with van der Waals surface area (Å²) in [6.45, 7) is 4.82. The molecular weight excluding hydrogens is 470 g/mol. The average Bonchev–Trinajstić information content (AvgIpc) is 3.52. The molecule has 0 radical (unpaired) electrons. The van der Waals surface area contributed by atoms with Crippen molar-refractivity contribution in [3.8, 4) is 22.9 Å². The number of nitrogens with zero attached hydrogens (tertiary/aromatic N) is 6. The summed E-state index contributed by atoms with van der Waals surface area (Å²) in [5, 5.41) is 37.3. The van der Waals surface area contributed by atoms with Crippen LogP contribution in [-0.2, 0) is 6.54 Å². The first-order valence-corrected chi connectivity index (χ1v) is 12.2. The molecule has 1 atom stereocenters. The van der Waals surface area contributed by atoms with Crippen molar-refractivity contribution in [2.75, 3.05) is 23.4 Å². The Balaban J connectivity index is 1.32. The molecule has 0 aliphatic carbocycles. The molecule has 1 aliphatic heterocycles. The lowest BCUT2D eigenvalue weighted by atomic mass is 10.1. The summed E-state index contributed by atoms with van der Waals surface area (Å²) < 4.78 is 7.40. The molecule has 190 valence electrons. The van der Waals surface area contributed by atoms with Crippen LogP contribution in [0.5, 0.6) is 5.75 Å². The fourth-order valence-electron chi connectivity index (χ4n) is 4.30. The first-order chi connectivity index (χ1) is 17.8. The van der Waals surface area contributed by atoms with Gasteiger partial charge in [-0.3, -0.25) is 0 Å². The van der Waals surface area contributed by atoms with E-state index in [1.165, 1.54) is 6.20 Å². The van der Waals surface area contributed by atoms with Crippen LogP contribution in [0.1, 0.15) is 37.8 Å². The van der Waals surface area contributed by atoms with Gasteiger partial charge < -0.3 is 25.2 Å². The van der Waals surface area contributed by atoms with E-state index < -0.39 is 11.8 Å². The molecule has 1 fully saturated rings. The average molecular weight is 500 g/mol. The minimum absolute atomic E-state index is 0.111. The van der Waals surface area contributed by atoms with E-state index in [-0.39, 0.29) is 6.61 Å². The Labute approximate surface area is 214 Å². The third kappa shape index (κ3) is 5.48. The number of fused-ring (bicyclic) bond motifs is 1. The van der Waals surface area contributed by atoms with Crippen molar-refractivity contribution in [3.63, 3.8) is 0 Å². The number of aliphatic hydroxyl groups is 2. The van der Waals surface area contributed by atoms with Gasteiger partial charge in [-0.1, -0.05) is 6.07 Å². The zero-order chi connectivity index (χ0) is 26.0. The topological polar surface area (TPSA) is 132 Å². The standard InChI is InChI=1S/C27H29N7O3/c1-27(2,36)17-37-21-10-22(26-20(11-28)15-32-34(26)16-21)19-6-7-23(30-14-19)29-12-18-5-8-24(31-13-18)33-9-3-4-25(33)35/h5-8,10,13-16,25,35-36H,3-4,9,12,17H2,1-2H3,(H,29,30). The fraction of sp³-hybridized carbons (Fsp3) is 0.333. The predicted octanol–water partition coefficient (Wildman–Crippen LogP) is 3.34. The van der Waals surface area contributed by atoms with Crippen molar-refractivity contribution in [1.29, 1.82) is 5.26 Å². The molecule has 10 heteroatoms. The predicted molar refractivity (Wildman–Crippen MR) is 139 cm³/mol. The quantitative estimate of drug-likeness (QED) is 0.334. The molecule has 0 aromatic carbocycles. The molecule has 1 saturated heterocycles. The van der Waals surface area contributed by atoms with Crippen LogP contribution in [0.15, 0.2) is 55.1 Å². The van der Waals surface area contributed by atoms with Crippen LogP contribution in [0.25, 0.3) is 16.6 Å². The Morgan fingerprint density at radius 2 is 2.05 bits per heavy atom. The molecule has 10 nitrogen and oxygen atoms in total. The Kier molecular flexibility index (Phi) is 6.65. The summed E-state index contributed by atoms with van der Waals surface area (Å²) in [5.41, 5.74) is 2.68. The maximum absolute atomic E-state index is 10.0. The maximum Gasteiger partial charge on any atom is 0.138 e. The van der Waals surface area contributed by atoms with Gasteiger partial charge in [-0.2, -0.15) is 10.4 Å². The summed E-state index contributed by atoms with van der Waals surface area (Å²) in [4.78, 5) is 11.0. The largest absolute Gasteiger partial charge is 0.489 e. The molecule has 0 amide bonds. The van der Waals surface area contributed by atoms with Gasteiger partial charge in [-0.15, -0.1) is 0 Å². The Bertz CT molecular complexity index is 1420. The lowest BCUT2D eigenvalue weighted by molar-refractivity contribution is 0.0283. The van der Waals surface area contributed by atoms with Gasteiger partial charge in [-0.25, -0.2) is 14.5 Å². The molecule has 5 heterocycles. The molecular formula is C27H29N7O3. The molecule has 4 aromatic rings. The number of anilines is 2. The number of hydrogen-bond acceptors (Lipinski definition) is 9. The van der Waals surface area contributed by atoms with Crippen LogP contribution in [0, 0.1) is 11.3 Å². The molecule has 0 bridgehead atoms. The van der Waals surface area contributed by atoms with Gasteiger partial charge in [0.05, 0.1) is 29.1 Å². The van der Waals surface area contributed by atoms with Crippen LogP contribution >= 0.6 is 0 Å². The van der Waals surface area contributed by atoms with Crippen molar-refractivity contribution in [3.05, 3.63) is 66.2 Å². The Hall–Kier alpha value is -4.20. The number of ether oxygens (including phenoxy) is 1. The third-order valence-electron chi connectivity index (χ3n) is 6.17. The highest BCUT2D eigenvalue weighted by atomic mass is 16.5. The first kappa shape index (κ1) is 24.5. The highest BCUT2D eigenvalue weighted by Crippen LogP contribution is 2.31. The number of pyridine rings is 3. The van der Waals surface area contributed by atoms with E-state index in [4.69, 9.17) is 4.74 Å². The summed E-state index contributed by atoms with van der Waals surface area (Å²) >= 11 is 0. The molecule has 0 saturated carbocycles. The van der Waals surface area contributed by atoms with Crippen molar-refractivity contribution >= 4 is 17.2 Å². The highest BCUT2D eigenvalue weighted by Gasteiger charge is 2.23. The van der Waals surface area contributed by atoms with Crippen LogP contribution < -0.4 is 15.0 Å². The minimum Gasteiger partial charge on any atom is -0.489 e. The minimum atomic E-state index is -0.989. The SMILES string of the molecule is CC(C)(O)COc1cc(-c2ccc(NCc3ccc(N4CCCC4O)nc3)nc2)c2c(C#N)cnn2c1. The number of rotatable bonds is 8. The fourth-order valence-corrected chi connectivity index (χ4v) is 4.30. The van der Waals surface area contributed by atoms with E-state index in [1.807, 2.05) is 35.2 Å². The first-order valence-electron chi connectivity index (χ1n) is 12.2. The number of nitrogens with one attached hydrogen (secondary N) is 1. The normalized spacial score (nSPS) is 15.6. The second-order valence-electron chi connectivity index (χ2n) is 9.78. The van der Waals surface area contributed by atoms with E-state index in [0.717, 1.165) is 41.9 Å². The number of nitriles is 1. The number of aromatic nitrogens is 4. The molecule has 3 N–H and O–H groups in total. The highest BCUT2D eigenvalue weighted by molar-refractivity contribution is 5.85. The zero-order valence-electron chi connectivity index (χ0n) is 20.8. The van der Waals surface area contributed by atoms with Crippen molar-refractivity contribution in [2.45, 2.75) is 45.1 Å². The van der Waals surface area contributed by atoms with Gasteiger partial charge in [-0.05, 0) is 56.5 Å². The van der Waals surface area contributed by atoms with Crippen LogP contribution in [-0.4, -0.2) is 54.8 Å². The van der Waals surface area contributed by atoms with Crippen molar-refractivity contribution in [1.82, 2.24) is 19.6 Å². The monoisotopic (exact) mass is 499 g/mol. The summed E-state index contributed by atoms with van der Waals surface area (Å²) in [5.74, 6) is 2.01. The van der Waals surface area contributed by atoms with E-state index in [0.29, 0.717) is 29.2 Å². The Morgan fingerprint density at radius 1 is 1.19 bits per heavy atom. The van der Waals surface area contributed by atoms with Crippen molar-refractivity contribution in [2.24, 2.45) is 0 Å². The zero-order valence-corrected chi connectivity index (χ0v) is 20.8. The van der Waals surface area contributed by atoms with Gasteiger partial charge >= 0.3 is 0 Å². The summed E-state index contributed by atoms with van der Waals surface area (Å²) in [6, 6.07) is 11.7. The molecule has 4 aromatic heterocycles. The third-order valence-corrected chi connectivity index (χ3v) is 6.17. The van der Waals surface area contributed by atoms with E-state index in [9.17, 15) is 15.5 Å². The van der Waals surface area contributed by atoms with Gasteiger partial charge in [0.2, 0.25) is 0 Å². The molecule has 1 unspecified atom stereocenters. The molecule has 37 heavy (non-hydrogen) atoms. The Morgan fingerprint density at radius 3 is 2.70 bits per heavy atom. The van der Waals surface area contributed by atoms with Gasteiger partial charge in [0.25, 0.3) is 0 Å². The van der Waals surface area contributed by atoms with E-state index >= 15 is 0 Å².